The van der Waals surface area contributed by atoms with Crippen LogP contribution in [-0.4, -0.2) is 39.5 Å². The summed E-state index contributed by atoms with van der Waals surface area (Å²) >= 11 is 0. The molecule has 2 heterocycles. The molecular formula is C15H22N4O2. The molecule has 0 saturated heterocycles. The van der Waals surface area contributed by atoms with Gasteiger partial charge in [-0.05, 0) is 12.8 Å². The zero-order valence-electron chi connectivity index (χ0n) is 12.8. The third-order valence-electron chi connectivity index (χ3n) is 3.99. The van der Waals surface area contributed by atoms with E-state index in [0.717, 1.165) is 30.5 Å². The normalized spacial score (nSPS) is 18.3. The highest BCUT2D eigenvalue weighted by molar-refractivity contribution is 5.94. The molecule has 6 nitrogen and oxygen atoms in total. The number of fused-ring (bicyclic) bond motifs is 1. The average molecular weight is 290 g/mol. The van der Waals surface area contributed by atoms with E-state index in [9.17, 15) is 9.59 Å². The maximum atomic E-state index is 12.4. The van der Waals surface area contributed by atoms with Crippen molar-refractivity contribution in [1.82, 2.24) is 20.4 Å². The lowest BCUT2D eigenvalue weighted by Gasteiger charge is -2.32. The van der Waals surface area contributed by atoms with Crippen LogP contribution in [0.25, 0.3) is 0 Å². The van der Waals surface area contributed by atoms with Crippen LogP contribution in [0, 0.1) is 5.41 Å². The molecule has 0 unspecified atom stereocenters. The van der Waals surface area contributed by atoms with Crippen molar-refractivity contribution in [2.45, 2.75) is 52.6 Å². The van der Waals surface area contributed by atoms with Gasteiger partial charge in [-0.1, -0.05) is 20.8 Å². The summed E-state index contributed by atoms with van der Waals surface area (Å²) in [4.78, 5) is 26.4. The maximum Gasteiger partial charge on any atom is 0.272 e. The van der Waals surface area contributed by atoms with Crippen molar-refractivity contribution in [2.24, 2.45) is 5.41 Å². The van der Waals surface area contributed by atoms with Crippen LogP contribution in [0.4, 0.5) is 0 Å². The number of carbonyl (C=O) groups excluding carboxylic acids is 2. The molecule has 1 saturated carbocycles. The molecule has 3 rings (SSSR count). The van der Waals surface area contributed by atoms with Crippen LogP contribution in [0.3, 0.4) is 0 Å². The van der Waals surface area contributed by atoms with Gasteiger partial charge in [-0.2, -0.15) is 5.10 Å². The number of hydrogen-bond acceptors (Lipinski definition) is 3. The van der Waals surface area contributed by atoms with Gasteiger partial charge in [0.15, 0.2) is 5.69 Å². The number of nitrogens with zero attached hydrogens (tertiary/aromatic N) is 2. The zero-order valence-corrected chi connectivity index (χ0v) is 12.8. The summed E-state index contributed by atoms with van der Waals surface area (Å²) in [6.45, 7) is 6.90. The van der Waals surface area contributed by atoms with E-state index in [4.69, 9.17) is 0 Å². The second kappa shape index (κ2) is 4.86. The Morgan fingerprint density at radius 1 is 1.33 bits per heavy atom. The highest BCUT2D eigenvalue weighted by atomic mass is 16.2. The minimum atomic E-state index is -0.405. The summed E-state index contributed by atoms with van der Waals surface area (Å²) in [6, 6.07) is 0.306. The Hall–Kier alpha value is -1.85. The Kier molecular flexibility index (Phi) is 3.26. The van der Waals surface area contributed by atoms with E-state index in [0.29, 0.717) is 24.8 Å². The van der Waals surface area contributed by atoms with Gasteiger partial charge < -0.3 is 10.2 Å². The van der Waals surface area contributed by atoms with E-state index in [1.54, 1.807) is 0 Å². The van der Waals surface area contributed by atoms with Crippen molar-refractivity contribution < 1.29 is 9.59 Å². The molecule has 0 radical (unpaired) electrons. The number of hydrogen-bond donors (Lipinski definition) is 2. The van der Waals surface area contributed by atoms with Crippen LogP contribution < -0.4 is 5.32 Å². The fraction of sp³-hybridized carbons (Fsp3) is 0.667. The highest BCUT2D eigenvalue weighted by Crippen LogP contribution is 2.26. The van der Waals surface area contributed by atoms with Crippen LogP contribution >= 0.6 is 0 Å². The molecule has 1 aromatic rings. The van der Waals surface area contributed by atoms with Gasteiger partial charge in [-0.25, -0.2) is 0 Å². The van der Waals surface area contributed by atoms with Crippen LogP contribution in [0.2, 0.25) is 0 Å². The topological polar surface area (TPSA) is 78.1 Å². The van der Waals surface area contributed by atoms with Gasteiger partial charge in [-0.15, -0.1) is 0 Å². The van der Waals surface area contributed by atoms with Gasteiger partial charge in [0.25, 0.3) is 5.91 Å². The molecule has 2 amide bonds. The Balaban J connectivity index is 1.79. The smallest absolute Gasteiger partial charge is 0.272 e. The molecule has 0 aromatic carbocycles. The predicted octanol–water partition coefficient (Wildman–Crippen LogP) is 1.23. The Morgan fingerprint density at radius 3 is 2.67 bits per heavy atom. The van der Waals surface area contributed by atoms with Gasteiger partial charge in [0.05, 0.1) is 0 Å². The monoisotopic (exact) mass is 290 g/mol. The summed E-state index contributed by atoms with van der Waals surface area (Å²) < 4.78 is 0. The Morgan fingerprint density at radius 2 is 2.05 bits per heavy atom. The number of carbonyl (C=O) groups is 2. The average Bonchev–Trinajstić information content (AvgIpc) is 3.13. The molecule has 1 aromatic heterocycles. The molecular weight excluding hydrogens is 268 g/mol. The van der Waals surface area contributed by atoms with E-state index in [2.05, 4.69) is 15.5 Å². The van der Waals surface area contributed by atoms with Crippen LogP contribution in [0.15, 0.2) is 0 Å². The zero-order chi connectivity index (χ0) is 15.2. The SMILES string of the molecule is CC(C)(C)C(=O)N1CCc2[nH]nc(C(=O)NC3CC3)c2C1. The quantitative estimate of drug-likeness (QED) is 0.860. The minimum absolute atomic E-state index is 0.114. The largest absolute Gasteiger partial charge is 0.348 e. The molecule has 2 N–H and O–H groups in total. The van der Waals surface area contributed by atoms with Crippen molar-refractivity contribution in [1.29, 1.82) is 0 Å². The van der Waals surface area contributed by atoms with Crippen molar-refractivity contribution in [2.75, 3.05) is 6.54 Å². The molecule has 0 bridgehead atoms. The summed E-state index contributed by atoms with van der Waals surface area (Å²) in [5.74, 6) is -0.0111. The molecule has 6 heteroatoms. The second-order valence-corrected chi connectivity index (χ2v) is 7.00. The Labute approximate surface area is 124 Å². The molecule has 0 atom stereocenters. The van der Waals surface area contributed by atoms with Crippen LogP contribution in [0.1, 0.15) is 55.4 Å². The molecule has 1 fully saturated rings. The third kappa shape index (κ3) is 2.80. The number of aromatic nitrogens is 2. The first kappa shape index (κ1) is 14.1. The number of amides is 2. The third-order valence-corrected chi connectivity index (χ3v) is 3.99. The molecule has 0 spiro atoms. The van der Waals surface area contributed by atoms with Gasteiger partial charge >= 0.3 is 0 Å². The number of nitrogens with one attached hydrogen (secondary N) is 2. The molecule has 114 valence electrons. The van der Waals surface area contributed by atoms with E-state index in [1.165, 1.54) is 0 Å². The lowest BCUT2D eigenvalue weighted by atomic mass is 9.93. The van der Waals surface area contributed by atoms with E-state index >= 15 is 0 Å². The van der Waals surface area contributed by atoms with Crippen LogP contribution in [0.5, 0.6) is 0 Å². The van der Waals surface area contributed by atoms with Gasteiger partial charge in [0, 0.05) is 42.2 Å². The first-order valence-electron chi connectivity index (χ1n) is 7.52. The fourth-order valence-electron chi connectivity index (χ4n) is 2.61. The summed E-state index contributed by atoms with van der Waals surface area (Å²) in [6.07, 6.45) is 2.82. The summed E-state index contributed by atoms with van der Waals surface area (Å²) in [5, 5.41) is 10.1. The molecule has 1 aliphatic heterocycles. The van der Waals surface area contributed by atoms with Crippen molar-refractivity contribution in [3.05, 3.63) is 17.0 Å². The maximum absolute atomic E-state index is 12.4. The number of H-pyrrole nitrogens is 1. The first-order valence-corrected chi connectivity index (χ1v) is 7.52. The van der Waals surface area contributed by atoms with Gasteiger partial charge in [0.1, 0.15) is 0 Å². The van der Waals surface area contributed by atoms with E-state index < -0.39 is 5.41 Å². The highest BCUT2D eigenvalue weighted by Gasteiger charge is 2.33. The molecule has 2 aliphatic rings. The lowest BCUT2D eigenvalue weighted by molar-refractivity contribution is -0.140. The summed E-state index contributed by atoms with van der Waals surface area (Å²) in [5.41, 5.74) is 1.90. The van der Waals surface area contributed by atoms with Crippen molar-refractivity contribution >= 4 is 11.8 Å². The lowest BCUT2D eigenvalue weighted by Crippen LogP contribution is -2.42. The first-order chi connectivity index (χ1) is 9.86. The molecule has 21 heavy (non-hydrogen) atoms. The Bertz CT molecular complexity index is 581. The second-order valence-electron chi connectivity index (χ2n) is 7.00. The van der Waals surface area contributed by atoms with Gasteiger partial charge in [0.2, 0.25) is 5.91 Å². The number of rotatable bonds is 2. The molecule has 1 aliphatic carbocycles. The predicted molar refractivity (Wildman–Crippen MR) is 77.7 cm³/mol. The van der Waals surface area contributed by atoms with E-state index in [1.807, 2.05) is 25.7 Å². The van der Waals surface area contributed by atoms with E-state index in [-0.39, 0.29) is 11.8 Å². The van der Waals surface area contributed by atoms with Crippen LogP contribution in [-0.2, 0) is 17.8 Å². The summed E-state index contributed by atoms with van der Waals surface area (Å²) in [7, 11) is 0. The fourth-order valence-corrected chi connectivity index (χ4v) is 2.61. The van der Waals surface area contributed by atoms with Gasteiger partial charge in [-0.3, -0.25) is 14.7 Å². The van der Waals surface area contributed by atoms with Crippen molar-refractivity contribution in [3.63, 3.8) is 0 Å². The van der Waals surface area contributed by atoms with Crippen molar-refractivity contribution in [3.8, 4) is 0 Å². The minimum Gasteiger partial charge on any atom is -0.348 e. The number of aromatic amines is 1. The standard InChI is InChI=1S/C15H22N4O2/c1-15(2,3)14(21)19-7-6-11-10(8-19)12(18-17-11)13(20)16-9-4-5-9/h9H,4-8H2,1-3H3,(H,16,20)(H,17,18).